The van der Waals surface area contributed by atoms with Gasteiger partial charge in [-0.15, -0.1) is 10.2 Å². The van der Waals surface area contributed by atoms with E-state index in [9.17, 15) is 4.79 Å². The lowest BCUT2D eigenvalue weighted by Gasteiger charge is -2.32. The molecule has 3 aromatic rings. The highest BCUT2D eigenvalue weighted by atomic mass is 16.7. The number of nitrogens with zero attached hydrogens (tertiary/aromatic N) is 3. The SMILES string of the molecule is COc1ccc(-c2ccc(N3CCC[C@@H](C(=O)Nc4ccc5c(c4)OCO5)C3)nn2)cc1. The molecule has 2 aliphatic heterocycles. The van der Waals surface area contributed by atoms with Crippen LogP contribution in [0.5, 0.6) is 17.2 Å². The number of amides is 1. The quantitative estimate of drug-likeness (QED) is 0.657. The van der Waals surface area contributed by atoms with E-state index in [1.54, 1.807) is 13.2 Å². The van der Waals surface area contributed by atoms with Crippen LogP contribution in [-0.4, -0.2) is 43.1 Å². The molecule has 1 N–H and O–H groups in total. The number of ether oxygens (including phenoxy) is 3. The van der Waals surface area contributed by atoms with Crippen molar-refractivity contribution in [3.8, 4) is 28.5 Å². The molecule has 5 rings (SSSR count). The van der Waals surface area contributed by atoms with Crippen LogP contribution in [0.2, 0.25) is 0 Å². The molecule has 2 aromatic carbocycles. The largest absolute Gasteiger partial charge is 0.497 e. The summed E-state index contributed by atoms with van der Waals surface area (Å²) in [6.45, 7) is 1.67. The molecule has 0 bridgehead atoms. The highest BCUT2D eigenvalue weighted by molar-refractivity contribution is 5.93. The second kappa shape index (κ2) is 8.74. The number of hydrogen-bond acceptors (Lipinski definition) is 7. The van der Waals surface area contributed by atoms with Crippen molar-refractivity contribution in [1.29, 1.82) is 0 Å². The molecule has 0 radical (unpaired) electrons. The summed E-state index contributed by atoms with van der Waals surface area (Å²) in [4.78, 5) is 15.0. The summed E-state index contributed by atoms with van der Waals surface area (Å²) in [5, 5.41) is 11.8. The number of fused-ring (bicyclic) bond motifs is 1. The molecule has 1 saturated heterocycles. The van der Waals surface area contributed by atoms with Gasteiger partial charge in [-0.05, 0) is 61.4 Å². The van der Waals surface area contributed by atoms with Crippen molar-refractivity contribution < 1.29 is 19.0 Å². The molecule has 32 heavy (non-hydrogen) atoms. The van der Waals surface area contributed by atoms with E-state index in [1.807, 2.05) is 48.5 Å². The molecular weight excluding hydrogens is 408 g/mol. The number of rotatable bonds is 5. The smallest absolute Gasteiger partial charge is 0.231 e. The molecule has 0 aliphatic carbocycles. The van der Waals surface area contributed by atoms with Crippen molar-refractivity contribution in [1.82, 2.24) is 10.2 Å². The fourth-order valence-corrected chi connectivity index (χ4v) is 4.03. The molecule has 164 valence electrons. The van der Waals surface area contributed by atoms with Crippen LogP contribution >= 0.6 is 0 Å². The number of nitrogens with one attached hydrogen (secondary N) is 1. The second-order valence-electron chi connectivity index (χ2n) is 7.85. The van der Waals surface area contributed by atoms with Crippen LogP contribution in [0.1, 0.15) is 12.8 Å². The molecule has 0 saturated carbocycles. The number of carbonyl (C=O) groups is 1. The Morgan fingerprint density at radius 1 is 1.06 bits per heavy atom. The summed E-state index contributed by atoms with van der Waals surface area (Å²) in [6, 6.07) is 17.1. The van der Waals surface area contributed by atoms with Crippen LogP contribution in [0.3, 0.4) is 0 Å². The Morgan fingerprint density at radius 2 is 1.91 bits per heavy atom. The Bertz CT molecular complexity index is 1100. The van der Waals surface area contributed by atoms with Gasteiger partial charge in [0.15, 0.2) is 17.3 Å². The molecule has 2 aliphatic rings. The molecule has 1 fully saturated rings. The van der Waals surface area contributed by atoms with Gasteiger partial charge >= 0.3 is 0 Å². The number of carbonyl (C=O) groups excluding carboxylic acids is 1. The summed E-state index contributed by atoms with van der Waals surface area (Å²) < 4.78 is 15.9. The Kier molecular flexibility index (Phi) is 5.49. The third-order valence-electron chi connectivity index (χ3n) is 5.79. The average molecular weight is 432 g/mol. The van der Waals surface area contributed by atoms with Gasteiger partial charge in [-0.1, -0.05) is 0 Å². The maximum atomic E-state index is 12.9. The molecule has 1 aromatic heterocycles. The van der Waals surface area contributed by atoms with Crippen LogP contribution in [0.25, 0.3) is 11.3 Å². The highest BCUT2D eigenvalue weighted by Crippen LogP contribution is 2.34. The van der Waals surface area contributed by atoms with E-state index in [0.29, 0.717) is 23.7 Å². The first-order chi connectivity index (χ1) is 15.7. The van der Waals surface area contributed by atoms with Crippen molar-refractivity contribution in [3.63, 3.8) is 0 Å². The van der Waals surface area contributed by atoms with Crippen LogP contribution < -0.4 is 24.4 Å². The van der Waals surface area contributed by atoms with Crippen LogP contribution in [0, 0.1) is 5.92 Å². The lowest BCUT2D eigenvalue weighted by Crippen LogP contribution is -2.41. The Labute approximate surface area is 186 Å². The molecule has 1 amide bonds. The lowest BCUT2D eigenvalue weighted by molar-refractivity contribution is -0.120. The van der Waals surface area contributed by atoms with E-state index in [-0.39, 0.29) is 18.6 Å². The fraction of sp³-hybridized carbons (Fsp3) is 0.292. The van der Waals surface area contributed by atoms with E-state index in [1.165, 1.54) is 0 Å². The zero-order valence-corrected chi connectivity index (χ0v) is 17.8. The van der Waals surface area contributed by atoms with E-state index in [4.69, 9.17) is 14.2 Å². The summed E-state index contributed by atoms with van der Waals surface area (Å²) in [5.74, 6) is 2.80. The van der Waals surface area contributed by atoms with Crippen molar-refractivity contribution >= 4 is 17.4 Å². The molecule has 1 atom stereocenters. The molecule has 0 spiro atoms. The molecule has 3 heterocycles. The summed E-state index contributed by atoms with van der Waals surface area (Å²) >= 11 is 0. The van der Waals surface area contributed by atoms with Gasteiger partial charge in [0.2, 0.25) is 12.7 Å². The number of benzene rings is 2. The Hall–Kier alpha value is -3.81. The first-order valence-electron chi connectivity index (χ1n) is 10.6. The predicted molar refractivity (Wildman–Crippen MR) is 120 cm³/mol. The first kappa shape index (κ1) is 20.1. The van der Waals surface area contributed by atoms with Gasteiger partial charge in [0.1, 0.15) is 5.75 Å². The standard InChI is InChI=1S/C24H24N4O4/c1-30-19-7-4-16(5-8-19)20-9-11-23(27-26-20)28-12-2-3-17(14-28)24(29)25-18-6-10-21-22(13-18)32-15-31-21/h4-11,13,17H,2-3,12,14-15H2,1H3,(H,25,29)/t17-/m1/s1. The molecular formula is C24H24N4O4. The Morgan fingerprint density at radius 3 is 2.69 bits per heavy atom. The maximum absolute atomic E-state index is 12.9. The fourth-order valence-electron chi connectivity index (χ4n) is 4.03. The van der Waals surface area contributed by atoms with Gasteiger partial charge in [0, 0.05) is 30.4 Å². The second-order valence-corrected chi connectivity index (χ2v) is 7.85. The van der Waals surface area contributed by atoms with Crippen molar-refractivity contribution in [3.05, 3.63) is 54.6 Å². The number of hydrogen-bond donors (Lipinski definition) is 1. The van der Waals surface area contributed by atoms with E-state index in [2.05, 4.69) is 20.4 Å². The van der Waals surface area contributed by atoms with Gasteiger partial charge < -0.3 is 24.4 Å². The normalized spacial score (nSPS) is 17.2. The zero-order valence-electron chi connectivity index (χ0n) is 17.8. The number of piperidine rings is 1. The van der Waals surface area contributed by atoms with Gasteiger partial charge in [0.25, 0.3) is 0 Å². The molecule has 8 nitrogen and oxygen atoms in total. The van der Waals surface area contributed by atoms with Gasteiger partial charge in [0.05, 0.1) is 18.7 Å². The van der Waals surface area contributed by atoms with Crippen molar-refractivity contribution in [2.24, 2.45) is 5.92 Å². The van der Waals surface area contributed by atoms with Crippen molar-refractivity contribution in [2.45, 2.75) is 12.8 Å². The van der Waals surface area contributed by atoms with E-state index >= 15 is 0 Å². The predicted octanol–water partition coefficient (Wildman–Crippen LogP) is 3.74. The molecule has 8 heteroatoms. The summed E-state index contributed by atoms with van der Waals surface area (Å²) in [5.41, 5.74) is 2.48. The third kappa shape index (κ3) is 4.16. The minimum atomic E-state index is -0.128. The highest BCUT2D eigenvalue weighted by Gasteiger charge is 2.27. The lowest BCUT2D eigenvalue weighted by atomic mass is 9.97. The van der Waals surface area contributed by atoms with Gasteiger partial charge in [-0.2, -0.15) is 0 Å². The zero-order chi connectivity index (χ0) is 21.9. The monoisotopic (exact) mass is 432 g/mol. The summed E-state index contributed by atoms with van der Waals surface area (Å²) in [7, 11) is 1.64. The Balaban J connectivity index is 1.23. The van der Waals surface area contributed by atoms with Crippen LogP contribution in [-0.2, 0) is 4.79 Å². The van der Waals surface area contributed by atoms with E-state index in [0.717, 1.165) is 42.2 Å². The van der Waals surface area contributed by atoms with E-state index < -0.39 is 0 Å². The van der Waals surface area contributed by atoms with Crippen LogP contribution in [0.15, 0.2) is 54.6 Å². The summed E-state index contributed by atoms with van der Waals surface area (Å²) in [6.07, 6.45) is 1.76. The number of methoxy groups -OCH3 is 1. The van der Waals surface area contributed by atoms with Crippen LogP contribution in [0.4, 0.5) is 11.5 Å². The molecule has 0 unspecified atom stereocenters. The minimum Gasteiger partial charge on any atom is -0.497 e. The van der Waals surface area contributed by atoms with Gasteiger partial charge in [-0.3, -0.25) is 4.79 Å². The minimum absolute atomic E-state index is 0.00335. The average Bonchev–Trinajstić information content (AvgIpc) is 3.32. The van der Waals surface area contributed by atoms with Crippen molar-refractivity contribution in [2.75, 3.05) is 37.2 Å². The third-order valence-corrected chi connectivity index (χ3v) is 5.79. The number of aromatic nitrogens is 2. The number of anilines is 2. The maximum Gasteiger partial charge on any atom is 0.231 e. The topological polar surface area (TPSA) is 85.8 Å². The first-order valence-corrected chi connectivity index (χ1v) is 10.6. The van der Waals surface area contributed by atoms with Gasteiger partial charge in [-0.25, -0.2) is 0 Å².